The van der Waals surface area contributed by atoms with Crippen LogP contribution < -0.4 is 0 Å². The van der Waals surface area contributed by atoms with E-state index >= 15 is 0 Å². The molecule has 7 heteroatoms. The van der Waals surface area contributed by atoms with Gasteiger partial charge in [0.25, 0.3) is 5.60 Å². The molecule has 0 aliphatic carbocycles. The number of ether oxygens (including phenoxy) is 2. The molecule has 0 rings (SSSR count). The van der Waals surface area contributed by atoms with E-state index in [1.165, 1.54) is 0 Å². The number of aliphatic hydroxyl groups is 1. The highest BCUT2D eigenvalue weighted by Gasteiger charge is 2.53. The lowest BCUT2D eigenvalue weighted by Gasteiger charge is -2.34. The predicted molar refractivity (Wildman–Crippen MR) is 99.7 cm³/mol. The van der Waals surface area contributed by atoms with Gasteiger partial charge in [-0.25, -0.2) is 9.59 Å². The number of esters is 2. The molecular weight excluding hydrogens is 340 g/mol. The van der Waals surface area contributed by atoms with Crippen molar-refractivity contribution in [2.75, 3.05) is 19.8 Å². The standard InChI is InChI=1S/C18H34O6Si/c1-7-13-15(14-24-25(10-4,11-5)12-6)18(21,16(19)22-8-2)17(20)23-9-3/h7,13,15,21H,8-12,14H2,1-6H3/b13-7+/t15-/m1/s1. The summed E-state index contributed by atoms with van der Waals surface area (Å²) in [4.78, 5) is 24.8. The van der Waals surface area contributed by atoms with Crippen LogP contribution in [0.3, 0.4) is 0 Å². The summed E-state index contributed by atoms with van der Waals surface area (Å²) in [6.45, 7) is 11.4. The minimum Gasteiger partial charge on any atom is -0.463 e. The van der Waals surface area contributed by atoms with Gasteiger partial charge in [-0.1, -0.05) is 32.9 Å². The molecule has 0 unspecified atom stereocenters. The van der Waals surface area contributed by atoms with Gasteiger partial charge in [-0.2, -0.15) is 0 Å². The average molecular weight is 375 g/mol. The van der Waals surface area contributed by atoms with Gasteiger partial charge in [0.15, 0.2) is 8.32 Å². The van der Waals surface area contributed by atoms with E-state index in [2.05, 4.69) is 20.8 Å². The monoisotopic (exact) mass is 374 g/mol. The number of rotatable bonds is 12. The SMILES string of the molecule is C/C=C/[C@H](CO[Si](CC)(CC)CC)C(O)(C(=O)OCC)C(=O)OCC. The van der Waals surface area contributed by atoms with Gasteiger partial charge < -0.3 is 19.0 Å². The van der Waals surface area contributed by atoms with E-state index in [-0.39, 0.29) is 19.8 Å². The summed E-state index contributed by atoms with van der Waals surface area (Å²) in [5, 5.41) is 11.0. The third-order valence-electron chi connectivity index (χ3n) is 4.64. The summed E-state index contributed by atoms with van der Waals surface area (Å²) in [7, 11) is -1.94. The highest BCUT2D eigenvalue weighted by atomic mass is 28.4. The van der Waals surface area contributed by atoms with Crippen molar-refractivity contribution in [1.29, 1.82) is 0 Å². The molecule has 0 aliphatic rings. The topological polar surface area (TPSA) is 82.1 Å². The van der Waals surface area contributed by atoms with Crippen LogP contribution in [0, 0.1) is 5.92 Å². The molecule has 0 bridgehead atoms. The van der Waals surface area contributed by atoms with Crippen molar-refractivity contribution in [2.45, 2.75) is 65.3 Å². The molecule has 6 nitrogen and oxygen atoms in total. The number of carbonyl (C=O) groups excluding carboxylic acids is 2. The van der Waals surface area contributed by atoms with Crippen LogP contribution in [0.2, 0.25) is 18.1 Å². The van der Waals surface area contributed by atoms with Crippen molar-refractivity contribution in [3.05, 3.63) is 12.2 Å². The summed E-state index contributed by atoms with van der Waals surface area (Å²) in [5.41, 5.74) is -2.41. The van der Waals surface area contributed by atoms with Crippen molar-refractivity contribution < 1.29 is 28.6 Å². The van der Waals surface area contributed by atoms with Crippen molar-refractivity contribution in [3.63, 3.8) is 0 Å². The molecule has 1 N–H and O–H groups in total. The quantitative estimate of drug-likeness (QED) is 0.245. The average Bonchev–Trinajstić information content (AvgIpc) is 2.61. The Morgan fingerprint density at radius 3 is 1.76 bits per heavy atom. The predicted octanol–water partition coefficient (Wildman–Crippen LogP) is 3.06. The second-order valence-corrected chi connectivity index (χ2v) is 10.7. The summed E-state index contributed by atoms with van der Waals surface area (Å²) < 4.78 is 16.1. The van der Waals surface area contributed by atoms with Gasteiger partial charge in [-0.15, -0.1) is 0 Å². The summed E-state index contributed by atoms with van der Waals surface area (Å²) in [6.07, 6.45) is 3.29. The maximum Gasteiger partial charge on any atom is 0.350 e. The molecule has 0 spiro atoms. The van der Waals surface area contributed by atoms with Gasteiger partial charge in [0.2, 0.25) is 0 Å². The molecule has 0 aromatic heterocycles. The zero-order valence-corrected chi connectivity index (χ0v) is 17.5. The van der Waals surface area contributed by atoms with Crippen LogP contribution in [0.15, 0.2) is 12.2 Å². The molecule has 0 radical (unpaired) electrons. The Hall–Kier alpha value is -1.18. The first kappa shape index (κ1) is 23.8. The number of hydrogen-bond donors (Lipinski definition) is 1. The van der Waals surface area contributed by atoms with Crippen LogP contribution in [0.4, 0.5) is 0 Å². The summed E-state index contributed by atoms with van der Waals surface area (Å²) in [5.74, 6) is -2.87. The Balaban J connectivity index is 5.69. The Kier molecular flexibility index (Phi) is 10.9. The van der Waals surface area contributed by atoms with Crippen LogP contribution in [0.5, 0.6) is 0 Å². The molecule has 146 valence electrons. The molecule has 0 saturated heterocycles. The number of carbonyl (C=O) groups is 2. The van der Waals surface area contributed by atoms with Crippen LogP contribution in [0.25, 0.3) is 0 Å². The Bertz CT molecular complexity index is 419. The third kappa shape index (κ3) is 5.93. The van der Waals surface area contributed by atoms with E-state index < -0.39 is 31.8 Å². The maximum atomic E-state index is 12.4. The maximum absolute atomic E-state index is 12.4. The molecule has 0 amide bonds. The Labute approximate surface area is 152 Å². The van der Waals surface area contributed by atoms with Crippen LogP contribution in [0.1, 0.15) is 41.5 Å². The van der Waals surface area contributed by atoms with Gasteiger partial charge in [-0.05, 0) is 38.9 Å². The molecule has 1 atom stereocenters. The largest absolute Gasteiger partial charge is 0.463 e. The first-order valence-corrected chi connectivity index (χ1v) is 11.7. The van der Waals surface area contributed by atoms with Gasteiger partial charge in [0.1, 0.15) is 0 Å². The molecular formula is C18H34O6Si. The third-order valence-corrected chi connectivity index (χ3v) is 9.28. The summed E-state index contributed by atoms with van der Waals surface area (Å²) >= 11 is 0. The lowest BCUT2D eigenvalue weighted by molar-refractivity contribution is -0.189. The van der Waals surface area contributed by atoms with E-state index in [1.54, 1.807) is 32.9 Å². The zero-order valence-electron chi connectivity index (χ0n) is 16.5. The minimum absolute atomic E-state index is 0.0571. The zero-order chi connectivity index (χ0) is 19.5. The van der Waals surface area contributed by atoms with Crippen LogP contribution in [-0.4, -0.2) is 50.8 Å². The fraction of sp³-hybridized carbons (Fsp3) is 0.778. The van der Waals surface area contributed by atoms with E-state index in [9.17, 15) is 14.7 Å². The van der Waals surface area contributed by atoms with Crippen LogP contribution >= 0.6 is 0 Å². The molecule has 0 fully saturated rings. The highest BCUT2D eigenvalue weighted by Crippen LogP contribution is 2.28. The molecule has 0 saturated carbocycles. The van der Waals surface area contributed by atoms with Gasteiger partial charge >= 0.3 is 11.9 Å². The second-order valence-electron chi connectivity index (χ2n) is 5.89. The van der Waals surface area contributed by atoms with Gasteiger partial charge in [0, 0.05) is 6.61 Å². The highest BCUT2D eigenvalue weighted by molar-refractivity contribution is 6.73. The molecule has 0 aromatic rings. The normalized spacial score (nSPS) is 13.7. The smallest absolute Gasteiger partial charge is 0.350 e. The minimum atomic E-state index is -2.41. The Morgan fingerprint density at radius 2 is 1.44 bits per heavy atom. The van der Waals surface area contributed by atoms with Crippen molar-refractivity contribution >= 4 is 20.3 Å². The van der Waals surface area contributed by atoms with Crippen molar-refractivity contribution in [3.8, 4) is 0 Å². The van der Waals surface area contributed by atoms with Crippen molar-refractivity contribution in [2.24, 2.45) is 5.92 Å². The van der Waals surface area contributed by atoms with Crippen molar-refractivity contribution in [1.82, 2.24) is 0 Å². The van der Waals surface area contributed by atoms with Crippen LogP contribution in [-0.2, 0) is 23.5 Å². The second kappa shape index (κ2) is 11.4. The fourth-order valence-electron chi connectivity index (χ4n) is 2.74. The van der Waals surface area contributed by atoms with E-state index in [0.29, 0.717) is 0 Å². The van der Waals surface area contributed by atoms with Gasteiger partial charge in [-0.3, -0.25) is 0 Å². The van der Waals surface area contributed by atoms with E-state index in [4.69, 9.17) is 13.9 Å². The molecule has 25 heavy (non-hydrogen) atoms. The first-order chi connectivity index (χ1) is 11.8. The Morgan fingerprint density at radius 1 is 1.00 bits per heavy atom. The van der Waals surface area contributed by atoms with Gasteiger partial charge in [0.05, 0.1) is 19.1 Å². The number of hydrogen-bond acceptors (Lipinski definition) is 6. The van der Waals surface area contributed by atoms with E-state index in [0.717, 1.165) is 18.1 Å². The molecule has 0 aliphatic heterocycles. The van der Waals surface area contributed by atoms with E-state index in [1.807, 2.05) is 0 Å². The lowest BCUT2D eigenvalue weighted by atomic mass is 9.87. The number of allylic oxidation sites excluding steroid dienone is 1. The summed E-state index contributed by atoms with van der Waals surface area (Å²) in [6, 6.07) is 2.79. The first-order valence-electron chi connectivity index (χ1n) is 9.15. The fourth-order valence-corrected chi connectivity index (χ4v) is 5.38. The molecule has 0 aromatic carbocycles. The molecule has 0 heterocycles. The lowest BCUT2D eigenvalue weighted by Crippen LogP contribution is -2.56.